The van der Waals surface area contributed by atoms with E-state index in [1.54, 1.807) is 12.1 Å². The highest BCUT2D eigenvalue weighted by Gasteiger charge is 2.26. The molecule has 1 aliphatic carbocycles. The van der Waals surface area contributed by atoms with Crippen molar-refractivity contribution in [2.45, 2.75) is 38.1 Å². The van der Waals surface area contributed by atoms with Gasteiger partial charge >= 0.3 is 0 Å². The Bertz CT molecular complexity index is 1040. The number of hydrogen-bond acceptors (Lipinski definition) is 7. The van der Waals surface area contributed by atoms with Gasteiger partial charge in [0.1, 0.15) is 32.9 Å². The van der Waals surface area contributed by atoms with Crippen LogP contribution in [0.4, 0.5) is 11.5 Å². The summed E-state index contributed by atoms with van der Waals surface area (Å²) in [5.41, 5.74) is 13.3. The van der Waals surface area contributed by atoms with Gasteiger partial charge in [-0.15, -0.1) is 11.3 Å². The van der Waals surface area contributed by atoms with Crippen molar-refractivity contribution in [3.05, 3.63) is 28.8 Å². The van der Waals surface area contributed by atoms with Gasteiger partial charge in [-0.1, -0.05) is 19.3 Å². The first-order valence-corrected chi connectivity index (χ1v) is 9.68. The van der Waals surface area contributed by atoms with E-state index in [0.717, 1.165) is 25.7 Å². The molecule has 8 heteroatoms. The number of furan rings is 1. The van der Waals surface area contributed by atoms with Gasteiger partial charge in [0, 0.05) is 11.4 Å². The highest BCUT2D eigenvalue weighted by molar-refractivity contribution is 7.21. The first-order valence-electron chi connectivity index (χ1n) is 8.86. The number of thiophene rings is 1. The van der Waals surface area contributed by atoms with E-state index in [-0.39, 0.29) is 23.3 Å². The van der Waals surface area contributed by atoms with Gasteiger partial charge in [0.05, 0.1) is 17.5 Å². The second-order valence-electron chi connectivity index (χ2n) is 6.67. The summed E-state index contributed by atoms with van der Waals surface area (Å²) >= 11 is 1.19. The number of anilines is 2. The largest absolute Gasteiger partial charge is 0.464 e. The Morgan fingerprint density at radius 2 is 2.11 bits per heavy atom. The number of rotatable bonds is 3. The quantitative estimate of drug-likeness (QED) is 0.634. The number of aromatic nitrogens is 1. The van der Waals surface area contributed by atoms with E-state index in [2.05, 4.69) is 16.4 Å². The SMILES string of the molecule is N#Cc1c(N)nc2sc(C(=O)NC3CCCCC3)c(N)c2c1-c1ccco1. The minimum Gasteiger partial charge on any atom is -0.464 e. The van der Waals surface area contributed by atoms with Crippen LogP contribution in [0.15, 0.2) is 22.8 Å². The molecule has 1 aliphatic rings. The molecule has 5 N–H and O–H groups in total. The predicted octanol–water partition coefficient (Wildman–Crippen LogP) is 3.65. The zero-order valence-corrected chi connectivity index (χ0v) is 15.4. The maximum atomic E-state index is 12.8. The highest BCUT2D eigenvalue weighted by atomic mass is 32.1. The fraction of sp³-hybridized carbons (Fsp3) is 0.316. The van der Waals surface area contributed by atoms with Crippen LogP contribution in [0.5, 0.6) is 0 Å². The number of amides is 1. The Morgan fingerprint density at radius 1 is 1.33 bits per heavy atom. The molecule has 7 nitrogen and oxygen atoms in total. The molecule has 138 valence electrons. The monoisotopic (exact) mass is 381 g/mol. The van der Waals surface area contributed by atoms with Crippen molar-refractivity contribution in [1.82, 2.24) is 10.3 Å². The Morgan fingerprint density at radius 3 is 2.78 bits per heavy atom. The van der Waals surface area contributed by atoms with E-state index in [4.69, 9.17) is 15.9 Å². The summed E-state index contributed by atoms with van der Waals surface area (Å²) in [5, 5.41) is 13.2. The molecule has 0 atom stereocenters. The van der Waals surface area contributed by atoms with Gasteiger partial charge in [-0.25, -0.2) is 4.98 Å². The standard InChI is InChI=1S/C19H19N5O2S/c20-9-11-13(12-7-4-8-26-12)14-15(21)16(27-19(14)24-17(11)22)18(25)23-10-5-2-1-3-6-10/h4,7-8,10H,1-3,5-6,21H2,(H2,22,24)(H,23,25). The van der Waals surface area contributed by atoms with Gasteiger partial charge in [-0.05, 0) is 25.0 Å². The number of hydrogen-bond donors (Lipinski definition) is 3. The van der Waals surface area contributed by atoms with Crippen LogP contribution in [-0.4, -0.2) is 16.9 Å². The van der Waals surface area contributed by atoms with Crippen LogP contribution in [0.1, 0.15) is 47.3 Å². The molecule has 27 heavy (non-hydrogen) atoms. The summed E-state index contributed by atoms with van der Waals surface area (Å²) in [7, 11) is 0. The minimum atomic E-state index is -0.204. The Labute approximate surface area is 160 Å². The number of fused-ring (bicyclic) bond motifs is 1. The summed E-state index contributed by atoms with van der Waals surface area (Å²) in [6.45, 7) is 0. The van der Waals surface area contributed by atoms with E-state index < -0.39 is 0 Å². The number of nitrogens with one attached hydrogen (secondary N) is 1. The molecule has 1 fully saturated rings. The van der Waals surface area contributed by atoms with Crippen molar-refractivity contribution >= 4 is 39.0 Å². The van der Waals surface area contributed by atoms with Gasteiger partial charge < -0.3 is 21.2 Å². The van der Waals surface area contributed by atoms with Crippen molar-refractivity contribution in [3.8, 4) is 17.4 Å². The van der Waals surface area contributed by atoms with Crippen LogP contribution in [0, 0.1) is 11.3 Å². The number of nitriles is 1. The number of carbonyl (C=O) groups is 1. The molecular weight excluding hydrogens is 362 g/mol. The normalized spacial score (nSPS) is 14.9. The molecule has 0 unspecified atom stereocenters. The lowest BCUT2D eigenvalue weighted by Crippen LogP contribution is -2.36. The lowest BCUT2D eigenvalue weighted by atomic mass is 9.95. The summed E-state index contributed by atoms with van der Waals surface area (Å²) in [6.07, 6.45) is 6.94. The second kappa shape index (κ2) is 6.93. The van der Waals surface area contributed by atoms with Crippen LogP contribution < -0.4 is 16.8 Å². The molecular formula is C19H19N5O2S. The van der Waals surface area contributed by atoms with Crippen LogP contribution in [0.2, 0.25) is 0 Å². The maximum Gasteiger partial charge on any atom is 0.263 e. The van der Waals surface area contributed by atoms with E-state index in [0.29, 0.717) is 32.1 Å². The lowest BCUT2D eigenvalue weighted by Gasteiger charge is -2.22. The molecule has 3 aromatic heterocycles. The van der Waals surface area contributed by atoms with Crippen molar-refractivity contribution in [1.29, 1.82) is 5.26 Å². The molecule has 0 aromatic carbocycles. The van der Waals surface area contributed by atoms with E-state index in [9.17, 15) is 10.1 Å². The third-order valence-corrected chi connectivity index (χ3v) is 6.03. The van der Waals surface area contributed by atoms with Gasteiger partial charge in [-0.2, -0.15) is 5.26 Å². The number of carbonyl (C=O) groups excluding carboxylic acids is 1. The van der Waals surface area contributed by atoms with Gasteiger partial charge in [0.2, 0.25) is 0 Å². The van der Waals surface area contributed by atoms with Crippen LogP contribution in [0.25, 0.3) is 21.5 Å². The number of nitrogens with zero attached hydrogens (tertiary/aromatic N) is 2. The second-order valence-corrected chi connectivity index (χ2v) is 7.67. The van der Waals surface area contributed by atoms with Crippen molar-refractivity contribution < 1.29 is 9.21 Å². The molecule has 0 saturated heterocycles. The third kappa shape index (κ3) is 3.00. The summed E-state index contributed by atoms with van der Waals surface area (Å²) in [5.74, 6) is 0.358. The van der Waals surface area contributed by atoms with Gasteiger partial charge in [0.25, 0.3) is 5.91 Å². The molecule has 3 heterocycles. The fourth-order valence-corrected chi connectivity index (χ4v) is 4.63. The van der Waals surface area contributed by atoms with Crippen LogP contribution >= 0.6 is 11.3 Å². The number of nitrogens with two attached hydrogens (primary N) is 2. The Kier molecular flexibility index (Phi) is 4.46. The molecule has 0 radical (unpaired) electrons. The molecule has 4 rings (SSSR count). The molecule has 0 aliphatic heterocycles. The predicted molar refractivity (Wildman–Crippen MR) is 105 cm³/mol. The molecule has 0 bridgehead atoms. The summed E-state index contributed by atoms with van der Waals surface area (Å²) in [4.78, 5) is 18.0. The molecule has 0 spiro atoms. The van der Waals surface area contributed by atoms with E-state index in [1.807, 2.05) is 0 Å². The average Bonchev–Trinajstić information content (AvgIpc) is 3.30. The topological polar surface area (TPSA) is 131 Å². The van der Waals surface area contributed by atoms with Crippen molar-refractivity contribution in [2.24, 2.45) is 0 Å². The first-order chi connectivity index (χ1) is 13.1. The maximum absolute atomic E-state index is 12.8. The van der Waals surface area contributed by atoms with Crippen molar-refractivity contribution in [3.63, 3.8) is 0 Å². The first kappa shape index (κ1) is 17.4. The summed E-state index contributed by atoms with van der Waals surface area (Å²) in [6, 6.07) is 5.70. The van der Waals surface area contributed by atoms with Crippen LogP contribution in [0.3, 0.4) is 0 Å². The molecule has 3 aromatic rings. The zero-order chi connectivity index (χ0) is 19.0. The van der Waals surface area contributed by atoms with Gasteiger partial charge in [0.15, 0.2) is 0 Å². The van der Waals surface area contributed by atoms with E-state index >= 15 is 0 Å². The third-order valence-electron chi connectivity index (χ3n) is 4.93. The molecule has 1 amide bonds. The van der Waals surface area contributed by atoms with Crippen molar-refractivity contribution in [2.75, 3.05) is 11.5 Å². The highest BCUT2D eigenvalue weighted by Crippen LogP contribution is 2.42. The number of nitrogen functional groups attached to an aromatic ring is 2. The van der Waals surface area contributed by atoms with E-state index in [1.165, 1.54) is 24.0 Å². The lowest BCUT2D eigenvalue weighted by molar-refractivity contribution is 0.0932. The van der Waals surface area contributed by atoms with Gasteiger partial charge in [-0.3, -0.25) is 4.79 Å². The average molecular weight is 381 g/mol. The summed E-state index contributed by atoms with van der Waals surface area (Å²) < 4.78 is 5.49. The molecule has 1 saturated carbocycles. The Balaban J connectivity index is 1.83. The fourth-order valence-electron chi connectivity index (χ4n) is 3.62. The Hall–Kier alpha value is -3.05. The minimum absolute atomic E-state index is 0.0943. The zero-order valence-electron chi connectivity index (χ0n) is 14.6. The van der Waals surface area contributed by atoms with Crippen LogP contribution in [-0.2, 0) is 0 Å². The smallest absolute Gasteiger partial charge is 0.263 e. The number of pyridine rings is 1.